The highest BCUT2D eigenvalue weighted by atomic mass is 19.4. The van der Waals surface area contributed by atoms with Gasteiger partial charge in [0, 0.05) is 31.9 Å². The van der Waals surface area contributed by atoms with Crippen molar-refractivity contribution in [3.63, 3.8) is 0 Å². The van der Waals surface area contributed by atoms with Crippen LogP contribution in [-0.4, -0.2) is 54.8 Å². The van der Waals surface area contributed by atoms with Crippen molar-refractivity contribution in [2.45, 2.75) is 12.0 Å². The van der Waals surface area contributed by atoms with Gasteiger partial charge < -0.3 is 16.0 Å². The van der Waals surface area contributed by atoms with Crippen LogP contribution in [0.3, 0.4) is 0 Å². The lowest BCUT2D eigenvalue weighted by atomic mass is 10.1. The van der Waals surface area contributed by atoms with Gasteiger partial charge in [-0.05, 0) is 30.8 Å². The smallest absolute Gasteiger partial charge is 0.370 e. The largest absolute Gasteiger partial charge is 0.416 e. The van der Waals surface area contributed by atoms with Gasteiger partial charge in [-0.15, -0.1) is 0 Å². The Labute approximate surface area is 144 Å². The number of alkyl halides is 3. The number of halogens is 3. The number of likely N-dealkylation sites (N-methyl/N-ethyl adjacent to an activating group) is 1. The standard InChI is InChI=1S/C16H21F3N6/c1-24-6-8-25(9-7-24)15(21)10-13(22-14(20)23-15)11-2-4-12(5-3-11)16(17,18)19/h2-5,10H,6-9,21H2,1H3,(H3,20,22,23). The summed E-state index contributed by atoms with van der Waals surface area (Å²) in [6.45, 7) is 3.15. The van der Waals surface area contributed by atoms with Crippen molar-refractivity contribution in [2.24, 2.45) is 16.5 Å². The number of nitrogens with zero attached hydrogens (tertiary/aromatic N) is 3. The fraction of sp³-hybridized carbons (Fsp3) is 0.438. The van der Waals surface area contributed by atoms with Crippen LogP contribution in [0.1, 0.15) is 11.1 Å². The van der Waals surface area contributed by atoms with Crippen LogP contribution in [0, 0.1) is 0 Å². The molecule has 0 saturated carbocycles. The predicted octanol–water partition coefficient (Wildman–Crippen LogP) is 0.824. The topological polar surface area (TPSA) is 82.9 Å². The van der Waals surface area contributed by atoms with E-state index in [1.807, 2.05) is 11.9 Å². The zero-order chi connectivity index (χ0) is 18.2. The average Bonchev–Trinajstić information content (AvgIpc) is 2.54. The van der Waals surface area contributed by atoms with Crippen molar-refractivity contribution >= 4 is 11.7 Å². The molecule has 9 heteroatoms. The molecule has 1 saturated heterocycles. The third-order valence-electron chi connectivity index (χ3n) is 4.45. The van der Waals surface area contributed by atoms with Gasteiger partial charge in [0.1, 0.15) is 0 Å². The van der Waals surface area contributed by atoms with E-state index in [1.165, 1.54) is 12.1 Å². The molecule has 0 radical (unpaired) electrons. The highest BCUT2D eigenvalue weighted by Crippen LogP contribution is 2.30. The summed E-state index contributed by atoms with van der Waals surface area (Å²) in [4.78, 5) is 8.50. The number of hydrogen-bond donors (Lipinski definition) is 3. The normalized spacial score (nSPS) is 26.0. The first-order chi connectivity index (χ1) is 11.7. The van der Waals surface area contributed by atoms with E-state index in [2.05, 4.69) is 15.2 Å². The molecule has 3 rings (SSSR count). The number of rotatable bonds is 2. The third kappa shape index (κ3) is 3.78. The van der Waals surface area contributed by atoms with Crippen LogP contribution in [0.5, 0.6) is 0 Å². The van der Waals surface area contributed by atoms with Crippen molar-refractivity contribution in [2.75, 3.05) is 33.2 Å². The van der Waals surface area contributed by atoms with Crippen LogP contribution in [-0.2, 0) is 6.18 Å². The second-order valence-corrected chi connectivity index (χ2v) is 6.33. The number of nitrogens with two attached hydrogens (primary N) is 2. The summed E-state index contributed by atoms with van der Waals surface area (Å²) in [6, 6.07) is 4.86. The molecular weight excluding hydrogens is 333 g/mol. The van der Waals surface area contributed by atoms with E-state index in [0.717, 1.165) is 38.3 Å². The first kappa shape index (κ1) is 17.7. The second-order valence-electron chi connectivity index (χ2n) is 6.33. The maximum Gasteiger partial charge on any atom is 0.416 e. The molecule has 2 aliphatic rings. The van der Waals surface area contributed by atoms with Crippen LogP contribution in [0.25, 0.3) is 5.70 Å². The molecule has 1 aromatic carbocycles. The van der Waals surface area contributed by atoms with E-state index in [4.69, 9.17) is 11.5 Å². The zero-order valence-corrected chi connectivity index (χ0v) is 13.8. The molecular formula is C16H21F3N6. The first-order valence-corrected chi connectivity index (χ1v) is 7.93. The quantitative estimate of drug-likeness (QED) is 0.733. The van der Waals surface area contributed by atoms with Gasteiger partial charge in [-0.1, -0.05) is 12.1 Å². The van der Waals surface area contributed by atoms with Gasteiger partial charge in [0.2, 0.25) is 0 Å². The molecule has 0 bridgehead atoms. The minimum Gasteiger partial charge on any atom is -0.370 e. The molecule has 136 valence electrons. The van der Waals surface area contributed by atoms with Crippen molar-refractivity contribution in [3.8, 4) is 0 Å². The molecule has 0 amide bonds. The van der Waals surface area contributed by atoms with E-state index >= 15 is 0 Å². The van der Waals surface area contributed by atoms with Gasteiger partial charge in [-0.25, -0.2) is 4.99 Å². The fourth-order valence-electron chi connectivity index (χ4n) is 2.96. The van der Waals surface area contributed by atoms with Gasteiger partial charge >= 0.3 is 6.18 Å². The Hall–Kier alpha value is -2.10. The van der Waals surface area contributed by atoms with E-state index in [1.54, 1.807) is 6.08 Å². The number of hydrogen-bond acceptors (Lipinski definition) is 6. The molecule has 2 aliphatic heterocycles. The SMILES string of the molecule is CN1CCN(C2(N)C=C(c3ccc(C(F)(F)F)cc3)NC(N)=N2)CC1. The summed E-state index contributed by atoms with van der Waals surface area (Å²) in [7, 11) is 2.03. The minimum absolute atomic E-state index is 0.138. The Morgan fingerprint density at radius 1 is 1.12 bits per heavy atom. The molecule has 0 aliphatic carbocycles. The Morgan fingerprint density at radius 3 is 2.28 bits per heavy atom. The van der Waals surface area contributed by atoms with E-state index in [9.17, 15) is 13.2 Å². The first-order valence-electron chi connectivity index (χ1n) is 7.93. The van der Waals surface area contributed by atoms with Crippen molar-refractivity contribution in [1.82, 2.24) is 15.1 Å². The third-order valence-corrected chi connectivity index (χ3v) is 4.45. The number of benzene rings is 1. The van der Waals surface area contributed by atoms with Crippen LogP contribution >= 0.6 is 0 Å². The van der Waals surface area contributed by atoms with Crippen molar-refractivity contribution in [1.29, 1.82) is 0 Å². The van der Waals surface area contributed by atoms with Crippen LogP contribution in [0.4, 0.5) is 13.2 Å². The molecule has 1 atom stereocenters. The van der Waals surface area contributed by atoms with Crippen LogP contribution in [0.2, 0.25) is 0 Å². The van der Waals surface area contributed by atoms with Gasteiger partial charge in [0.25, 0.3) is 0 Å². The summed E-state index contributed by atoms with van der Waals surface area (Å²) in [6.07, 6.45) is -2.66. The van der Waals surface area contributed by atoms with Crippen LogP contribution in [0.15, 0.2) is 35.3 Å². The summed E-state index contributed by atoms with van der Waals surface area (Å²) >= 11 is 0. The summed E-state index contributed by atoms with van der Waals surface area (Å²) < 4.78 is 38.2. The zero-order valence-electron chi connectivity index (χ0n) is 13.8. The number of aliphatic imine (C=N–C) groups is 1. The van der Waals surface area contributed by atoms with E-state index in [0.29, 0.717) is 11.3 Å². The molecule has 5 N–H and O–H groups in total. The minimum atomic E-state index is -4.37. The Bertz CT molecular complexity index is 689. The summed E-state index contributed by atoms with van der Waals surface area (Å²) in [5.74, 6) is -0.979. The van der Waals surface area contributed by atoms with Gasteiger partial charge in [-0.2, -0.15) is 13.2 Å². The lowest BCUT2D eigenvalue weighted by Gasteiger charge is -2.42. The average molecular weight is 354 g/mol. The lowest BCUT2D eigenvalue weighted by molar-refractivity contribution is -0.137. The Kier molecular flexibility index (Phi) is 4.48. The number of guanidine groups is 1. The number of nitrogens with one attached hydrogen (secondary N) is 1. The van der Waals surface area contributed by atoms with Crippen molar-refractivity contribution < 1.29 is 13.2 Å². The summed E-state index contributed by atoms with van der Waals surface area (Å²) in [5.41, 5.74) is 12.7. The Balaban J connectivity index is 1.87. The molecule has 25 heavy (non-hydrogen) atoms. The molecule has 1 unspecified atom stereocenters. The molecule has 2 heterocycles. The monoisotopic (exact) mass is 354 g/mol. The van der Waals surface area contributed by atoms with Crippen LogP contribution < -0.4 is 16.8 Å². The van der Waals surface area contributed by atoms with E-state index in [-0.39, 0.29) is 5.96 Å². The van der Waals surface area contributed by atoms with Gasteiger partial charge in [-0.3, -0.25) is 10.6 Å². The molecule has 1 fully saturated rings. The Morgan fingerprint density at radius 2 is 1.72 bits per heavy atom. The van der Waals surface area contributed by atoms with Crippen molar-refractivity contribution in [3.05, 3.63) is 41.5 Å². The van der Waals surface area contributed by atoms with Gasteiger partial charge in [0.05, 0.1) is 5.56 Å². The predicted molar refractivity (Wildman–Crippen MR) is 90.2 cm³/mol. The maximum absolute atomic E-state index is 12.7. The van der Waals surface area contributed by atoms with E-state index < -0.39 is 17.5 Å². The molecule has 0 spiro atoms. The number of piperazine rings is 1. The summed E-state index contributed by atoms with van der Waals surface area (Å²) in [5, 5.41) is 2.88. The molecule has 1 aromatic rings. The highest BCUT2D eigenvalue weighted by molar-refractivity contribution is 5.90. The molecule has 0 aromatic heterocycles. The highest BCUT2D eigenvalue weighted by Gasteiger charge is 2.36. The van der Waals surface area contributed by atoms with Gasteiger partial charge in [0.15, 0.2) is 11.7 Å². The second kappa shape index (κ2) is 6.32. The molecule has 6 nitrogen and oxygen atoms in total. The maximum atomic E-state index is 12.7. The fourth-order valence-corrected chi connectivity index (χ4v) is 2.96. The lowest BCUT2D eigenvalue weighted by Crippen LogP contribution is -2.62.